The molecule has 1 aliphatic heterocycles. The van der Waals surface area contributed by atoms with Gasteiger partial charge >= 0.3 is 6.03 Å². The van der Waals surface area contributed by atoms with E-state index >= 15 is 0 Å². The average Bonchev–Trinajstić information content (AvgIpc) is 3.38. The Labute approximate surface area is 214 Å². The number of hydrogen-bond donors (Lipinski definition) is 2. The maximum absolute atomic E-state index is 13.5. The lowest BCUT2D eigenvalue weighted by molar-refractivity contribution is -0.129. The summed E-state index contributed by atoms with van der Waals surface area (Å²) in [7, 11) is 0. The molecule has 2 fully saturated rings. The van der Waals surface area contributed by atoms with Crippen LogP contribution < -0.4 is 10.6 Å². The lowest BCUT2D eigenvalue weighted by atomic mass is 9.94. The molecule has 2 aliphatic rings. The Bertz CT molecular complexity index is 972. The maximum Gasteiger partial charge on any atom is 0.321 e. The number of carbonyl (C=O) groups is 2. The lowest BCUT2D eigenvalue weighted by Gasteiger charge is -2.41. The molecule has 6 nitrogen and oxygen atoms in total. The molecular weight excluding hydrogens is 460 g/mol. The fraction of sp³-hybridized carbons (Fsp3) is 0.500. The SMILES string of the molecule is CC(CCc1ccccc1)NC(=O)C(C1CCCC1)N1CCN(C(=O)Nc2cccc(Cl)c2)CC1. The monoisotopic (exact) mass is 496 g/mol. The van der Waals surface area contributed by atoms with Crippen LogP contribution in [0.2, 0.25) is 5.02 Å². The minimum absolute atomic E-state index is 0.116. The molecular formula is C28H37ClN4O2. The smallest absolute Gasteiger partial charge is 0.321 e. The molecule has 1 saturated carbocycles. The Morgan fingerprint density at radius 2 is 1.71 bits per heavy atom. The number of nitrogens with one attached hydrogen (secondary N) is 2. The lowest BCUT2D eigenvalue weighted by Crippen LogP contribution is -2.59. The third-order valence-electron chi connectivity index (χ3n) is 7.28. The van der Waals surface area contributed by atoms with E-state index in [2.05, 4.69) is 46.7 Å². The molecule has 2 aromatic rings. The van der Waals surface area contributed by atoms with Crippen LogP contribution in [0.25, 0.3) is 0 Å². The molecule has 35 heavy (non-hydrogen) atoms. The summed E-state index contributed by atoms with van der Waals surface area (Å²) in [5.41, 5.74) is 1.99. The van der Waals surface area contributed by atoms with Gasteiger partial charge in [-0.1, -0.05) is 60.8 Å². The highest BCUT2D eigenvalue weighted by Gasteiger charge is 2.37. The van der Waals surface area contributed by atoms with Crippen molar-refractivity contribution in [1.82, 2.24) is 15.1 Å². The van der Waals surface area contributed by atoms with Crippen molar-refractivity contribution in [3.05, 3.63) is 65.2 Å². The number of nitrogens with zero attached hydrogens (tertiary/aromatic N) is 2. The van der Waals surface area contributed by atoms with Gasteiger partial charge in [0.1, 0.15) is 0 Å². The molecule has 0 radical (unpaired) electrons. The first-order chi connectivity index (χ1) is 17.0. The highest BCUT2D eigenvalue weighted by atomic mass is 35.5. The van der Waals surface area contributed by atoms with Crippen molar-refractivity contribution in [3.63, 3.8) is 0 Å². The molecule has 1 heterocycles. The molecule has 188 valence electrons. The molecule has 2 N–H and O–H groups in total. The second kappa shape index (κ2) is 12.4. The molecule has 4 rings (SSSR count). The number of benzene rings is 2. The first-order valence-corrected chi connectivity index (χ1v) is 13.3. The molecule has 0 aromatic heterocycles. The predicted molar refractivity (Wildman–Crippen MR) is 142 cm³/mol. The van der Waals surface area contributed by atoms with Crippen LogP contribution in [0, 0.1) is 5.92 Å². The van der Waals surface area contributed by atoms with E-state index in [1.807, 2.05) is 23.1 Å². The van der Waals surface area contributed by atoms with Crippen molar-refractivity contribution in [3.8, 4) is 0 Å². The number of piperazine rings is 1. The van der Waals surface area contributed by atoms with E-state index in [0.29, 0.717) is 42.8 Å². The Kier molecular flexibility index (Phi) is 9.05. The molecule has 1 aliphatic carbocycles. The van der Waals surface area contributed by atoms with Crippen LogP contribution in [-0.2, 0) is 11.2 Å². The maximum atomic E-state index is 13.5. The molecule has 2 atom stereocenters. The van der Waals surface area contributed by atoms with Crippen LogP contribution in [0.5, 0.6) is 0 Å². The van der Waals surface area contributed by atoms with E-state index in [1.165, 1.54) is 18.4 Å². The average molecular weight is 497 g/mol. The fourth-order valence-corrected chi connectivity index (χ4v) is 5.54. The summed E-state index contributed by atoms with van der Waals surface area (Å²) in [6.45, 7) is 4.72. The van der Waals surface area contributed by atoms with E-state index in [0.717, 1.165) is 25.7 Å². The summed E-state index contributed by atoms with van der Waals surface area (Å²) < 4.78 is 0. The van der Waals surface area contributed by atoms with Gasteiger partial charge in [-0.15, -0.1) is 0 Å². The zero-order valence-corrected chi connectivity index (χ0v) is 21.3. The Balaban J connectivity index is 1.31. The van der Waals surface area contributed by atoms with Gasteiger partial charge in [-0.25, -0.2) is 4.79 Å². The third kappa shape index (κ3) is 7.21. The second-order valence-corrected chi connectivity index (χ2v) is 10.3. The minimum Gasteiger partial charge on any atom is -0.352 e. The van der Waals surface area contributed by atoms with Gasteiger partial charge in [-0.3, -0.25) is 9.69 Å². The van der Waals surface area contributed by atoms with Gasteiger partial charge < -0.3 is 15.5 Å². The van der Waals surface area contributed by atoms with Gasteiger partial charge in [0.05, 0.1) is 6.04 Å². The number of hydrogen-bond acceptors (Lipinski definition) is 3. The van der Waals surface area contributed by atoms with Crippen molar-refractivity contribution >= 4 is 29.2 Å². The van der Waals surface area contributed by atoms with Gasteiger partial charge in [0.25, 0.3) is 0 Å². The first-order valence-electron chi connectivity index (χ1n) is 12.9. The first kappa shape index (κ1) is 25.5. The topological polar surface area (TPSA) is 64.7 Å². The Morgan fingerprint density at radius 1 is 1.00 bits per heavy atom. The van der Waals surface area contributed by atoms with E-state index in [4.69, 9.17) is 11.6 Å². The highest BCUT2D eigenvalue weighted by molar-refractivity contribution is 6.30. The second-order valence-electron chi connectivity index (χ2n) is 9.89. The van der Waals surface area contributed by atoms with Crippen molar-refractivity contribution in [2.45, 2.75) is 57.5 Å². The van der Waals surface area contributed by atoms with Crippen LogP contribution in [0.1, 0.15) is 44.6 Å². The highest BCUT2D eigenvalue weighted by Crippen LogP contribution is 2.31. The van der Waals surface area contributed by atoms with Gasteiger partial charge in [-0.2, -0.15) is 0 Å². The summed E-state index contributed by atoms with van der Waals surface area (Å²) in [6, 6.07) is 17.5. The molecule has 2 unspecified atom stereocenters. The van der Waals surface area contributed by atoms with E-state index in [9.17, 15) is 9.59 Å². The number of anilines is 1. The van der Waals surface area contributed by atoms with Crippen molar-refractivity contribution in [1.29, 1.82) is 0 Å². The summed E-state index contributed by atoms with van der Waals surface area (Å²) in [6.07, 6.45) is 6.47. The number of rotatable bonds is 8. The third-order valence-corrected chi connectivity index (χ3v) is 7.52. The molecule has 0 spiro atoms. The number of carbonyl (C=O) groups excluding carboxylic acids is 2. The van der Waals surface area contributed by atoms with E-state index in [-0.39, 0.29) is 24.0 Å². The van der Waals surface area contributed by atoms with Gasteiger partial charge in [0.15, 0.2) is 0 Å². The molecule has 7 heteroatoms. The fourth-order valence-electron chi connectivity index (χ4n) is 5.35. The van der Waals surface area contributed by atoms with Crippen LogP contribution in [0.3, 0.4) is 0 Å². The van der Waals surface area contributed by atoms with Gasteiger partial charge in [0.2, 0.25) is 5.91 Å². The zero-order chi connectivity index (χ0) is 24.6. The molecule has 1 saturated heterocycles. The van der Waals surface area contributed by atoms with Gasteiger partial charge in [-0.05, 0) is 62.3 Å². The Morgan fingerprint density at radius 3 is 2.40 bits per heavy atom. The number of halogens is 1. The van der Waals surface area contributed by atoms with Crippen LogP contribution in [-0.4, -0.2) is 60.0 Å². The van der Waals surface area contributed by atoms with Crippen LogP contribution in [0.4, 0.5) is 10.5 Å². The quantitative estimate of drug-likeness (QED) is 0.529. The summed E-state index contributed by atoms with van der Waals surface area (Å²) in [4.78, 5) is 30.4. The molecule has 2 aromatic carbocycles. The summed E-state index contributed by atoms with van der Waals surface area (Å²) in [5.74, 6) is 0.539. The normalized spacial score (nSPS) is 18.7. The van der Waals surface area contributed by atoms with Crippen molar-refractivity contribution < 1.29 is 9.59 Å². The van der Waals surface area contributed by atoms with Crippen molar-refractivity contribution in [2.75, 3.05) is 31.5 Å². The number of urea groups is 1. The van der Waals surface area contributed by atoms with Crippen molar-refractivity contribution in [2.24, 2.45) is 5.92 Å². The van der Waals surface area contributed by atoms with Crippen LogP contribution >= 0.6 is 11.6 Å². The standard InChI is InChI=1S/C28H37ClN4O2/c1-21(14-15-22-8-3-2-4-9-22)30-27(34)26(23-10-5-6-11-23)32-16-18-33(19-17-32)28(35)31-25-13-7-12-24(29)20-25/h2-4,7-9,12-13,20-21,23,26H,5-6,10-11,14-19H2,1H3,(H,30,34)(H,31,35). The van der Waals surface area contributed by atoms with Gasteiger partial charge in [0, 0.05) is 42.9 Å². The van der Waals surface area contributed by atoms with E-state index < -0.39 is 0 Å². The van der Waals surface area contributed by atoms with E-state index in [1.54, 1.807) is 12.1 Å². The Hall–Kier alpha value is -2.57. The number of aryl methyl sites for hydroxylation is 1. The van der Waals surface area contributed by atoms with Crippen LogP contribution in [0.15, 0.2) is 54.6 Å². The largest absolute Gasteiger partial charge is 0.352 e. The zero-order valence-electron chi connectivity index (χ0n) is 20.6. The summed E-state index contributed by atoms with van der Waals surface area (Å²) in [5, 5.41) is 6.84. The predicted octanol–water partition coefficient (Wildman–Crippen LogP) is 5.19. The molecule has 3 amide bonds. The molecule has 0 bridgehead atoms. The number of amides is 3. The summed E-state index contributed by atoms with van der Waals surface area (Å²) >= 11 is 6.04. The minimum atomic E-state index is -0.122.